The van der Waals surface area contributed by atoms with Crippen LogP contribution < -0.4 is 4.74 Å². The standard InChI is InChI=1S/C19H21N3O3/c1-3-4-11-22(2)19(23)15-12-25-17(21-15)13-24-16-9-5-7-14-8-6-10-20-18(14)16/h5-10,12H,3-4,11,13H2,1-2H3. The van der Waals surface area contributed by atoms with E-state index in [0.29, 0.717) is 23.9 Å². The van der Waals surface area contributed by atoms with Gasteiger partial charge in [-0.15, -0.1) is 0 Å². The number of carbonyl (C=O) groups is 1. The molecule has 0 aliphatic carbocycles. The summed E-state index contributed by atoms with van der Waals surface area (Å²) in [5.41, 5.74) is 1.08. The quantitative estimate of drug-likeness (QED) is 0.657. The van der Waals surface area contributed by atoms with Crippen molar-refractivity contribution in [3.05, 3.63) is 54.4 Å². The maximum atomic E-state index is 12.3. The maximum Gasteiger partial charge on any atom is 0.275 e. The van der Waals surface area contributed by atoms with Crippen molar-refractivity contribution in [2.45, 2.75) is 26.4 Å². The lowest BCUT2D eigenvalue weighted by atomic mass is 10.2. The molecule has 0 saturated carbocycles. The SMILES string of the molecule is CCCCN(C)C(=O)c1coc(COc2cccc3cccnc23)n1. The van der Waals surface area contributed by atoms with Gasteiger partial charge in [-0.3, -0.25) is 9.78 Å². The minimum absolute atomic E-state index is 0.141. The fourth-order valence-corrected chi connectivity index (χ4v) is 2.50. The Bertz CT molecular complexity index is 855. The number of oxazole rings is 1. The van der Waals surface area contributed by atoms with Crippen molar-refractivity contribution in [3.8, 4) is 5.75 Å². The van der Waals surface area contributed by atoms with Gasteiger partial charge in [0, 0.05) is 25.2 Å². The van der Waals surface area contributed by atoms with Gasteiger partial charge in [-0.05, 0) is 18.6 Å². The van der Waals surface area contributed by atoms with E-state index in [2.05, 4.69) is 16.9 Å². The van der Waals surface area contributed by atoms with Crippen molar-refractivity contribution in [2.24, 2.45) is 0 Å². The Kier molecular flexibility index (Phi) is 5.28. The molecule has 0 saturated heterocycles. The Balaban J connectivity index is 1.66. The van der Waals surface area contributed by atoms with Crippen LogP contribution in [-0.4, -0.2) is 34.4 Å². The van der Waals surface area contributed by atoms with Crippen molar-refractivity contribution < 1.29 is 13.9 Å². The van der Waals surface area contributed by atoms with Gasteiger partial charge >= 0.3 is 0 Å². The fraction of sp³-hybridized carbons (Fsp3) is 0.316. The molecule has 0 radical (unpaired) electrons. The molecule has 0 spiro atoms. The molecule has 1 aromatic carbocycles. The van der Waals surface area contributed by atoms with Crippen LogP contribution in [0.15, 0.2) is 47.2 Å². The van der Waals surface area contributed by atoms with E-state index < -0.39 is 0 Å². The van der Waals surface area contributed by atoms with Gasteiger partial charge in [-0.2, -0.15) is 0 Å². The van der Waals surface area contributed by atoms with E-state index in [1.165, 1.54) is 6.26 Å². The summed E-state index contributed by atoms with van der Waals surface area (Å²) in [4.78, 5) is 22.5. The van der Waals surface area contributed by atoms with Crippen LogP contribution in [0.5, 0.6) is 5.75 Å². The number of hydrogen-bond donors (Lipinski definition) is 0. The van der Waals surface area contributed by atoms with Gasteiger partial charge in [0.2, 0.25) is 5.89 Å². The van der Waals surface area contributed by atoms with Crippen LogP contribution in [0.25, 0.3) is 10.9 Å². The van der Waals surface area contributed by atoms with Gasteiger partial charge in [0.05, 0.1) is 0 Å². The summed E-state index contributed by atoms with van der Waals surface area (Å²) >= 11 is 0. The van der Waals surface area contributed by atoms with Gasteiger partial charge in [0.1, 0.15) is 17.5 Å². The smallest absolute Gasteiger partial charge is 0.275 e. The third-order valence-electron chi connectivity index (χ3n) is 3.91. The minimum Gasteiger partial charge on any atom is -0.482 e. The molecule has 0 bridgehead atoms. The van der Waals surface area contributed by atoms with Crippen LogP contribution in [0.3, 0.4) is 0 Å². The maximum absolute atomic E-state index is 12.3. The average Bonchev–Trinajstić information content (AvgIpc) is 3.12. The van der Waals surface area contributed by atoms with Crippen LogP contribution >= 0.6 is 0 Å². The Morgan fingerprint density at radius 3 is 2.96 bits per heavy atom. The first-order valence-corrected chi connectivity index (χ1v) is 8.35. The lowest BCUT2D eigenvalue weighted by Gasteiger charge is -2.14. The van der Waals surface area contributed by atoms with Gasteiger partial charge in [-0.25, -0.2) is 4.98 Å². The Morgan fingerprint density at radius 1 is 1.28 bits per heavy atom. The second-order valence-electron chi connectivity index (χ2n) is 5.83. The number of fused-ring (bicyclic) bond motifs is 1. The first kappa shape index (κ1) is 17.0. The normalized spacial score (nSPS) is 10.8. The predicted octanol–water partition coefficient (Wildman–Crippen LogP) is 3.67. The van der Waals surface area contributed by atoms with Crippen LogP contribution in [0.1, 0.15) is 36.1 Å². The molecule has 25 heavy (non-hydrogen) atoms. The second kappa shape index (κ2) is 7.79. The van der Waals surface area contributed by atoms with Crippen molar-refractivity contribution >= 4 is 16.8 Å². The van der Waals surface area contributed by atoms with Crippen LogP contribution in [0.4, 0.5) is 0 Å². The molecular formula is C19H21N3O3. The highest BCUT2D eigenvalue weighted by molar-refractivity contribution is 5.91. The molecule has 6 nitrogen and oxygen atoms in total. The van der Waals surface area contributed by atoms with E-state index >= 15 is 0 Å². The van der Waals surface area contributed by atoms with Gasteiger partial charge in [0.25, 0.3) is 5.91 Å². The second-order valence-corrected chi connectivity index (χ2v) is 5.83. The Hall–Kier alpha value is -2.89. The molecule has 0 aliphatic rings. The topological polar surface area (TPSA) is 68.5 Å². The molecule has 0 aliphatic heterocycles. The Morgan fingerprint density at radius 2 is 2.12 bits per heavy atom. The summed E-state index contributed by atoms with van der Waals surface area (Å²) in [5.74, 6) is 0.875. The van der Waals surface area contributed by atoms with Crippen molar-refractivity contribution in [1.29, 1.82) is 0 Å². The first-order chi connectivity index (χ1) is 12.2. The fourth-order valence-electron chi connectivity index (χ4n) is 2.50. The van der Waals surface area contributed by atoms with Crippen molar-refractivity contribution in [2.75, 3.05) is 13.6 Å². The van der Waals surface area contributed by atoms with E-state index in [1.807, 2.05) is 30.3 Å². The van der Waals surface area contributed by atoms with Crippen molar-refractivity contribution in [3.63, 3.8) is 0 Å². The molecule has 130 valence electrons. The summed E-state index contributed by atoms with van der Waals surface area (Å²) in [6, 6.07) is 9.59. The average molecular weight is 339 g/mol. The molecule has 2 aromatic heterocycles. The number of nitrogens with zero attached hydrogens (tertiary/aromatic N) is 3. The number of ether oxygens (including phenoxy) is 1. The largest absolute Gasteiger partial charge is 0.482 e. The van der Waals surface area contributed by atoms with E-state index in [0.717, 1.165) is 23.7 Å². The number of pyridine rings is 1. The lowest BCUT2D eigenvalue weighted by molar-refractivity contribution is 0.0787. The molecule has 3 aromatic rings. The number of benzene rings is 1. The van der Waals surface area contributed by atoms with E-state index in [9.17, 15) is 4.79 Å². The summed E-state index contributed by atoms with van der Waals surface area (Å²) in [5, 5.41) is 1.00. The summed E-state index contributed by atoms with van der Waals surface area (Å²) in [6.07, 6.45) is 5.10. The summed E-state index contributed by atoms with van der Waals surface area (Å²) in [6.45, 7) is 2.93. The molecule has 0 unspecified atom stereocenters. The molecule has 3 rings (SSSR count). The molecule has 6 heteroatoms. The Labute approximate surface area is 146 Å². The van der Waals surface area contributed by atoms with Crippen molar-refractivity contribution in [1.82, 2.24) is 14.9 Å². The number of para-hydroxylation sites is 1. The zero-order valence-corrected chi connectivity index (χ0v) is 14.4. The molecule has 0 atom stereocenters. The van der Waals surface area contributed by atoms with E-state index in [1.54, 1.807) is 18.1 Å². The molecule has 0 fully saturated rings. The van der Waals surface area contributed by atoms with E-state index in [4.69, 9.17) is 9.15 Å². The van der Waals surface area contributed by atoms with Gasteiger partial charge in [0.15, 0.2) is 12.3 Å². The molecule has 1 amide bonds. The highest BCUT2D eigenvalue weighted by atomic mass is 16.5. The van der Waals surface area contributed by atoms with Gasteiger partial charge in [-0.1, -0.05) is 31.5 Å². The highest BCUT2D eigenvalue weighted by Crippen LogP contribution is 2.23. The number of aromatic nitrogens is 2. The molecule has 2 heterocycles. The van der Waals surface area contributed by atoms with Crippen LogP contribution in [-0.2, 0) is 6.61 Å². The van der Waals surface area contributed by atoms with Crippen LogP contribution in [0, 0.1) is 0 Å². The monoisotopic (exact) mass is 339 g/mol. The predicted molar refractivity (Wildman–Crippen MR) is 94.4 cm³/mol. The number of rotatable bonds is 7. The highest BCUT2D eigenvalue weighted by Gasteiger charge is 2.16. The third-order valence-corrected chi connectivity index (χ3v) is 3.91. The number of carbonyl (C=O) groups excluding carboxylic acids is 1. The minimum atomic E-state index is -0.143. The number of unbranched alkanes of at least 4 members (excludes halogenated alkanes) is 1. The third kappa shape index (κ3) is 3.96. The van der Waals surface area contributed by atoms with Gasteiger partial charge < -0.3 is 14.1 Å². The zero-order chi connectivity index (χ0) is 17.6. The first-order valence-electron chi connectivity index (χ1n) is 8.35. The zero-order valence-electron chi connectivity index (χ0n) is 14.4. The number of amides is 1. The summed E-state index contributed by atoms with van der Waals surface area (Å²) < 4.78 is 11.2. The van der Waals surface area contributed by atoms with Crippen LogP contribution in [0.2, 0.25) is 0 Å². The number of hydrogen-bond acceptors (Lipinski definition) is 5. The lowest BCUT2D eigenvalue weighted by Crippen LogP contribution is -2.27. The molecular weight excluding hydrogens is 318 g/mol. The molecule has 0 N–H and O–H groups in total. The van der Waals surface area contributed by atoms with E-state index in [-0.39, 0.29) is 12.5 Å². The summed E-state index contributed by atoms with van der Waals surface area (Å²) in [7, 11) is 1.77.